The summed E-state index contributed by atoms with van der Waals surface area (Å²) in [5.41, 5.74) is 1.02. The molecule has 20 heavy (non-hydrogen) atoms. The Kier molecular flexibility index (Phi) is 3.72. The van der Waals surface area contributed by atoms with Crippen LogP contribution in [0.5, 0.6) is 5.75 Å². The van der Waals surface area contributed by atoms with Gasteiger partial charge in [-0.05, 0) is 44.2 Å². The van der Waals surface area contributed by atoms with Gasteiger partial charge in [0.05, 0.1) is 0 Å². The van der Waals surface area contributed by atoms with Crippen LogP contribution < -0.4 is 10.1 Å². The van der Waals surface area contributed by atoms with Gasteiger partial charge in [0.15, 0.2) is 0 Å². The van der Waals surface area contributed by atoms with Crippen LogP contribution in [0.2, 0.25) is 0 Å². The Hall–Kier alpha value is -1.09. The molecule has 3 heteroatoms. The van der Waals surface area contributed by atoms with Gasteiger partial charge < -0.3 is 10.1 Å². The molecule has 1 aliphatic carbocycles. The summed E-state index contributed by atoms with van der Waals surface area (Å²) in [6, 6.07) is 5.27. The third-order valence-corrected chi connectivity index (χ3v) is 4.99. The van der Waals surface area contributed by atoms with Crippen LogP contribution in [0.3, 0.4) is 0 Å². The summed E-state index contributed by atoms with van der Waals surface area (Å²) in [5, 5.41) is 3.62. The van der Waals surface area contributed by atoms with Crippen LogP contribution >= 0.6 is 0 Å². The minimum Gasteiger partial charge on any atom is -0.486 e. The highest BCUT2D eigenvalue weighted by Gasteiger charge is 2.47. The topological polar surface area (TPSA) is 21.3 Å². The van der Waals surface area contributed by atoms with Crippen LogP contribution in [0.1, 0.15) is 57.6 Å². The Labute approximate surface area is 120 Å². The molecule has 2 aliphatic rings. The van der Waals surface area contributed by atoms with E-state index in [2.05, 4.69) is 19.2 Å². The molecular weight excluding hydrogens is 253 g/mol. The molecule has 0 aromatic heterocycles. The van der Waals surface area contributed by atoms with Gasteiger partial charge in [0.2, 0.25) is 0 Å². The molecule has 1 aromatic carbocycles. The second-order valence-corrected chi connectivity index (χ2v) is 6.35. The molecule has 0 saturated heterocycles. The van der Waals surface area contributed by atoms with Crippen LogP contribution in [0.25, 0.3) is 0 Å². The first-order valence-corrected chi connectivity index (χ1v) is 7.86. The van der Waals surface area contributed by atoms with Crippen molar-refractivity contribution in [2.75, 3.05) is 6.54 Å². The van der Waals surface area contributed by atoms with E-state index in [1.54, 1.807) is 12.1 Å². The SMILES string of the molecule is CCCNC1CC2(CCCC2C)Oc2cc(F)ccc21. The van der Waals surface area contributed by atoms with Gasteiger partial charge in [-0.3, -0.25) is 0 Å². The number of benzene rings is 1. The van der Waals surface area contributed by atoms with Crippen molar-refractivity contribution in [1.29, 1.82) is 0 Å². The average Bonchev–Trinajstić information content (AvgIpc) is 2.76. The fourth-order valence-electron chi connectivity index (χ4n) is 3.77. The van der Waals surface area contributed by atoms with Crippen molar-refractivity contribution < 1.29 is 9.13 Å². The van der Waals surface area contributed by atoms with Crippen molar-refractivity contribution in [2.24, 2.45) is 5.92 Å². The van der Waals surface area contributed by atoms with E-state index in [1.807, 2.05) is 6.07 Å². The predicted molar refractivity (Wildman–Crippen MR) is 78.4 cm³/mol. The van der Waals surface area contributed by atoms with Gasteiger partial charge in [0, 0.05) is 24.1 Å². The zero-order valence-corrected chi connectivity index (χ0v) is 12.4. The Bertz CT molecular complexity index is 490. The largest absolute Gasteiger partial charge is 0.486 e. The Morgan fingerprint density at radius 2 is 2.30 bits per heavy atom. The maximum atomic E-state index is 13.5. The van der Waals surface area contributed by atoms with Crippen molar-refractivity contribution >= 4 is 0 Å². The van der Waals surface area contributed by atoms with E-state index in [-0.39, 0.29) is 11.4 Å². The summed E-state index contributed by atoms with van der Waals surface area (Å²) >= 11 is 0. The summed E-state index contributed by atoms with van der Waals surface area (Å²) in [5.74, 6) is 1.09. The molecule has 1 aliphatic heterocycles. The van der Waals surface area contributed by atoms with Crippen molar-refractivity contribution in [3.63, 3.8) is 0 Å². The Balaban J connectivity index is 1.95. The van der Waals surface area contributed by atoms with Crippen LogP contribution in [0, 0.1) is 11.7 Å². The smallest absolute Gasteiger partial charge is 0.127 e. The molecule has 3 unspecified atom stereocenters. The van der Waals surface area contributed by atoms with Crippen molar-refractivity contribution in [3.8, 4) is 5.75 Å². The summed E-state index contributed by atoms with van der Waals surface area (Å²) in [6.45, 7) is 5.44. The van der Waals surface area contributed by atoms with Gasteiger partial charge in [-0.1, -0.05) is 19.9 Å². The molecule has 1 N–H and O–H groups in total. The van der Waals surface area contributed by atoms with Gasteiger partial charge in [-0.2, -0.15) is 0 Å². The Morgan fingerprint density at radius 1 is 1.45 bits per heavy atom. The summed E-state index contributed by atoms with van der Waals surface area (Å²) in [4.78, 5) is 0. The molecule has 110 valence electrons. The highest BCUT2D eigenvalue weighted by Crippen LogP contribution is 2.49. The standard InChI is InChI=1S/C17H24FNO/c1-3-9-19-15-11-17(8-4-5-12(17)2)20-16-10-13(18)6-7-14(15)16/h6-7,10,12,15,19H,3-5,8-9,11H2,1-2H3. The lowest BCUT2D eigenvalue weighted by molar-refractivity contribution is 0.00155. The molecule has 1 aromatic rings. The van der Waals surface area contributed by atoms with E-state index in [9.17, 15) is 4.39 Å². The molecule has 1 spiro atoms. The van der Waals surface area contributed by atoms with Gasteiger partial charge in [0.25, 0.3) is 0 Å². The van der Waals surface area contributed by atoms with Crippen LogP contribution in [0.15, 0.2) is 18.2 Å². The molecule has 2 nitrogen and oxygen atoms in total. The first kappa shape index (κ1) is 13.9. The molecule has 1 fully saturated rings. The van der Waals surface area contributed by atoms with Crippen molar-refractivity contribution in [2.45, 2.75) is 57.6 Å². The highest BCUT2D eigenvalue weighted by atomic mass is 19.1. The van der Waals surface area contributed by atoms with E-state index in [0.29, 0.717) is 12.0 Å². The Morgan fingerprint density at radius 3 is 3.00 bits per heavy atom. The van der Waals surface area contributed by atoms with E-state index >= 15 is 0 Å². The van der Waals surface area contributed by atoms with Gasteiger partial charge >= 0.3 is 0 Å². The molecule has 0 bridgehead atoms. The number of hydrogen-bond donors (Lipinski definition) is 1. The predicted octanol–water partition coefficient (Wildman–Crippen LogP) is 4.21. The normalized spacial score (nSPS) is 32.1. The maximum absolute atomic E-state index is 13.5. The van der Waals surface area contributed by atoms with E-state index in [4.69, 9.17) is 4.74 Å². The lowest BCUT2D eigenvalue weighted by Crippen LogP contribution is -2.46. The average molecular weight is 277 g/mol. The zero-order chi connectivity index (χ0) is 14.2. The summed E-state index contributed by atoms with van der Waals surface area (Å²) < 4.78 is 19.8. The van der Waals surface area contributed by atoms with Crippen molar-refractivity contribution in [1.82, 2.24) is 5.32 Å². The van der Waals surface area contributed by atoms with E-state index in [0.717, 1.165) is 37.1 Å². The number of fused-ring (bicyclic) bond motifs is 1. The van der Waals surface area contributed by atoms with Gasteiger partial charge in [-0.15, -0.1) is 0 Å². The third-order valence-electron chi connectivity index (χ3n) is 4.99. The minimum absolute atomic E-state index is 0.0911. The number of nitrogens with one attached hydrogen (secondary N) is 1. The lowest BCUT2D eigenvalue weighted by atomic mass is 9.81. The molecule has 0 radical (unpaired) electrons. The fourth-order valence-corrected chi connectivity index (χ4v) is 3.77. The second-order valence-electron chi connectivity index (χ2n) is 6.35. The quantitative estimate of drug-likeness (QED) is 0.893. The van der Waals surface area contributed by atoms with Crippen LogP contribution in [-0.2, 0) is 0 Å². The first-order chi connectivity index (χ1) is 9.64. The fraction of sp³-hybridized carbons (Fsp3) is 0.647. The first-order valence-electron chi connectivity index (χ1n) is 7.86. The monoisotopic (exact) mass is 277 g/mol. The van der Waals surface area contributed by atoms with Crippen molar-refractivity contribution in [3.05, 3.63) is 29.6 Å². The van der Waals surface area contributed by atoms with Crippen LogP contribution in [0.4, 0.5) is 4.39 Å². The zero-order valence-electron chi connectivity index (χ0n) is 12.4. The maximum Gasteiger partial charge on any atom is 0.127 e. The lowest BCUT2D eigenvalue weighted by Gasteiger charge is -2.43. The number of hydrogen-bond acceptors (Lipinski definition) is 2. The molecule has 3 rings (SSSR count). The highest BCUT2D eigenvalue weighted by molar-refractivity contribution is 5.40. The molecular formula is C17H24FNO. The molecule has 3 atom stereocenters. The molecule has 1 saturated carbocycles. The summed E-state index contributed by atoms with van der Waals surface area (Å²) in [7, 11) is 0. The summed E-state index contributed by atoms with van der Waals surface area (Å²) in [6.07, 6.45) is 5.63. The number of ether oxygens (including phenoxy) is 1. The molecule has 1 heterocycles. The van der Waals surface area contributed by atoms with Gasteiger partial charge in [-0.25, -0.2) is 4.39 Å². The van der Waals surface area contributed by atoms with E-state index < -0.39 is 0 Å². The number of rotatable bonds is 3. The van der Waals surface area contributed by atoms with Crippen LogP contribution in [-0.4, -0.2) is 12.1 Å². The molecule has 0 amide bonds. The van der Waals surface area contributed by atoms with Gasteiger partial charge in [0.1, 0.15) is 17.2 Å². The third kappa shape index (κ3) is 2.32. The van der Waals surface area contributed by atoms with E-state index in [1.165, 1.54) is 12.8 Å². The number of halogens is 1. The minimum atomic E-state index is -0.208. The second kappa shape index (κ2) is 5.36.